The maximum atomic E-state index is 3.34. The summed E-state index contributed by atoms with van der Waals surface area (Å²) in [6, 6.07) is 0. The first-order valence-corrected chi connectivity index (χ1v) is 3.01. The molecule has 0 saturated carbocycles. The first-order valence-electron chi connectivity index (χ1n) is 3.01. The van der Waals surface area contributed by atoms with Gasteiger partial charge in [-0.1, -0.05) is 6.08 Å². The second kappa shape index (κ2) is 1.90. The zero-order valence-corrected chi connectivity index (χ0v) is 5.49. The third-order valence-corrected chi connectivity index (χ3v) is 1.37. The standard InChI is InChI=1S/C7H12N/c1-7(2)5-3-4-6-8-7/h4,8H,5-6H2,1-2H3. The van der Waals surface area contributed by atoms with E-state index in [1.807, 2.05) is 6.08 Å². The molecule has 0 aromatic carbocycles. The molecule has 1 nitrogen and oxygen atoms in total. The summed E-state index contributed by atoms with van der Waals surface area (Å²) in [6.07, 6.45) is 6.27. The van der Waals surface area contributed by atoms with E-state index in [9.17, 15) is 0 Å². The molecular weight excluding hydrogens is 98.1 g/mol. The molecule has 0 amide bonds. The second-order valence-corrected chi connectivity index (χ2v) is 2.85. The highest BCUT2D eigenvalue weighted by atomic mass is 14.9. The van der Waals surface area contributed by atoms with Crippen LogP contribution in [0.25, 0.3) is 0 Å². The molecule has 0 atom stereocenters. The summed E-state index contributed by atoms with van der Waals surface area (Å²) in [5, 5.41) is 3.34. The van der Waals surface area contributed by atoms with E-state index in [2.05, 4.69) is 25.2 Å². The molecule has 1 aliphatic heterocycles. The summed E-state index contributed by atoms with van der Waals surface area (Å²) in [5.41, 5.74) is 0.286. The minimum atomic E-state index is 0.286. The van der Waals surface area contributed by atoms with Crippen molar-refractivity contribution < 1.29 is 0 Å². The van der Waals surface area contributed by atoms with Crippen LogP contribution in [0.3, 0.4) is 0 Å². The average Bonchev–Trinajstić information content (AvgIpc) is 1.65. The van der Waals surface area contributed by atoms with Gasteiger partial charge in [-0.05, 0) is 26.3 Å². The molecule has 45 valence electrons. The van der Waals surface area contributed by atoms with Crippen LogP contribution < -0.4 is 5.32 Å². The van der Waals surface area contributed by atoms with Crippen molar-refractivity contribution in [1.82, 2.24) is 5.32 Å². The highest BCUT2D eigenvalue weighted by Gasteiger charge is 2.15. The maximum Gasteiger partial charge on any atom is 0.0168 e. The maximum absolute atomic E-state index is 3.34. The summed E-state index contributed by atoms with van der Waals surface area (Å²) in [5.74, 6) is 0. The Morgan fingerprint density at radius 3 is 2.62 bits per heavy atom. The van der Waals surface area contributed by atoms with Gasteiger partial charge in [-0.25, -0.2) is 0 Å². The minimum Gasteiger partial charge on any atom is -0.308 e. The Kier molecular flexibility index (Phi) is 1.39. The van der Waals surface area contributed by atoms with E-state index in [0.717, 1.165) is 13.0 Å². The topological polar surface area (TPSA) is 12.0 Å². The SMILES string of the molecule is CC1(C)C[C]=CCN1. The predicted molar refractivity (Wildman–Crippen MR) is 34.5 cm³/mol. The van der Waals surface area contributed by atoms with Gasteiger partial charge in [0.2, 0.25) is 0 Å². The molecule has 1 radical (unpaired) electrons. The second-order valence-electron chi connectivity index (χ2n) is 2.85. The van der Waals surface area contributed by atoms with Gasteiger partial charge in [0.1, 0.15) is 0 Å². The molecule has 0 aromatic heterocycles. The zero-order chi connectivity index (χ0) is 6.04. The molecule has 8 heavy (non-hydrogen) atoms. The molecule has 0 fully saturated rings. The Bertz CT molecular complexity index is 103. The molecule has 1 heterocycles. The van der Waals surface area contributed by atoms with Crippen molar-refractivity contribution in [1.29, 1.82) is 0 Å². The lowest BCUT2D eigenvalue weighted by Crippen LogP contribution is -2.40. The highest BCUT2D eigenvalue weighted by Crippen LogP contribution is 2.10. The fourth-order valence-electron chi connectivity index (χ4n) is 0.789. The Balaban J connectivity index is 2.50. The number of hydrogen-bond donors (Lipinski definition) is 1. The van der Waals surface area contributed by atoms with Crippen molar-refractivity contribution in [2.24, 2.45) is 0 Å². The van der Waals surface area contributed by atoms with Crippen molar-refractivity contribution in [3.8, 4) is 0 Å². The van der Waals surface area contributed by atoms with Crippen LogP contribution in [0.5, 0.6) is 0 Å². The Morgan fingerprint density at radius 2 is 2.38 bits per heavy atom. The molecule has 0 aliphatic carbocycles. The lowest BCUT2D eigenvalue weighted by atomic mass is 9.98. The fourth-order valence-corrected chi connectivity index (χ4v) is 0.789. The van der Waals surface area contributed by atoms with E-state index in [1.165, 1.54) is 0 Å². The third-order valence-electron chi connectivity index (χ3n) is 1.37. The summed E-state index contributed by atoms with van der Waals surface area (Å²) < 4.78 is 0. The quantitative estimate of drug-likeness (QED) is 0.492. The molecule has 0 bridgehead atoms. The first-order chi connectivity index (χ1) is 3.71. The number of hydrogen-bond acceptors (Lipinski definition) is 1. The Morgan fingerprint density at radius 1 is 1.62 bits per heavy atom. The zero-order valence-electron chi connectivity index (χ0n) is 5.49. The van der Waals surface area contributed by atoms with Gasteiger partial charge in [0, 0.05) is 12.1 Å². The monoisotopic (exact) mass is 110 g/mol. The third kappa shape index (κ3) is 1.34. The van der Waals surface area contributed by atoms with Crippen LogP contribution in [0.4, 0.5) is 0 Å². The van der Waals surface area contributed by atoms with Crippen LogP contribution in [0, 0.1) is 6.08 Å². The van der Waals surface area contributed by atoms with E-state index in [4.69, 9.17) is 0 Å². The van der Waals surface area contributed by atoms with E-state index >= 15 is 0 Å². The van der Waals surface area contributed by atoms with E-state index in [1.54, 1.807) is 0 Å². The van der Waals surface area contributed by atoms with Crippen molar-refractivity contribution in [3.05, 3.63) is 12.2 Å². The van der Waals surface area contributed by atoms with Gasteiger partial charge in [-0.2, -0.15) is 0 Å². The Labute approximate surface area is 50.8 Å². The van der Waals surface area contributed by atoms with Crippen molar-refractivity contribution >= 4 is 0 Å². The van der Waals surface area contributed by atoms with Gasteiger partial charge in [0.15, 0.2) is 0 Å². The van der Waals surface area contributed by atoms with Gasteiger partial charge in [-0.3, -0.25) is 0 Å². The van der Waals surface area contributed by atoms with Gasteiger partial charge in [0.25, 0.3) is 0 Å². The lowest BCUT2D eigenvalue weighted by Gasteiger charge is -2.26. The van der Waals surface area contributed by atoms with Crippen LogP contribution in [-0.4, -0.2) is 12.1 Å². The molecular formula is C7H12N. The van der Waals surface area contributed by atoms with Crippen molar-refractivity contribution in [2.75, 3.05) is 6.54 Å². The minimum absolute atomic E-state index is 0.286. The average molecular weight is 110 g/mol. The van der Waals surface area contributed by atoms with Crippen LogP contribution in [-0.2, 0) is 0 Å². The molecule has 1 N–H and O–H groups in total. The highest BCUT2D eigenvalue weighted by molar-refractivity contribution is 4.93. The molecule has 0 aromatic rings. The van der Waals surface area contributed by atoms with E-state index in [-0.39, 0.29) is 5.54 Å². The smallest absolute Gasteiger partial charge is 0.0168 e. The fraction of sp³-hybridized carbons (Fsp3) is 0.714. The van der Waals surface area contributed by atoms with Crippen molar-refractivity contribution in [3.63, 3.8) is 0 Å². The first kappa shape index (κ1) is 5.83. The van der Waals surface area contributed by atoms with Gasteiger partial charge in [0.05, 0.1) is 0 Å². The molecule has 0 unspecified atom stereocenters. The molecule has 0 spiro atoms. The van der Waals surface area contributed by atoms with E-state index < -0.39 is 0 Å². The van der Waals surface area contributed by atoms with Gasteiger partial charge in [-0.15, -0.1) is 0 Å². The van der Waals surface area contributed by atoms with Crippen LogP contribution in [0.1, 0.15) is 20.3 Å². The summed E-state index contributed by atoms with van der Waals surface area (Å²) in [6.45, 7) is 5.35. The van der Waals surface area contributed by atoms with Crippen LogP contribution in [0.2, 0.25) is 0 Å². The van der Waals surface area contributed by atoms with Crippen molar-refractivity contribution in [2.45, 2.75) is 25.8 Å². The number of rotatable bonds is 0. The predicted octanol–water partition coefficient (Wildman–Crippen LogP) is 1.12. The molecule has 1 rings (SSSR count). The number of nitrogens with one attached hydrogen (secondary N) is 1. The molecule has 1 heteroatoms. The summed E-state index contributed by atoms with van der Waals surface area (Å²) in [7, 11) is 0. The lowest BCUT2D eigenvalue weighted by molar-refractivity contribution is 0.393. The summed E-state index contributed by atoms with van der Waals surface area (Å²) in [4.78, 5) is 0. The van der Waals surface area contributed by atoms with Crippen LogP contribution in [0.15, 0.2) is 6.08 Å². The summed E-state index contributed by atoms with van der Waals surface area (Å²) >= 11 is 0. The van der Waals surface area contributed by atoms with Crippen LogP contribution >= 0.6 is 0 Å². The van der Waals surface area contributed by atoms with Gasteiger partial charge >= 0.3 is 0 Å². The largest absolute Gasteiger partial charge is 0.308 e. The van der Waals surface area contributed by atoms with E-state index in [0.29, 0.717) is 0 Å². The van der Waals surface area contributed by atoms with Gasteiger partial charge < -0.3 is 5.32 Å². The molecule has 0 saturated heterocycles. The molecule has 1 aliphatic rings. The Hall–Kier alpha value is -0.300. The normalized spacial score (nSPS) is 25.8.